The number of pyridine rings is 1. The van der Waals surface area contributed by atoms with Crippen LogP contribution in [0.15, 0.2) is 24.4 Å². The van der Waals surface area contributed by atoms with E-state index in [9.17, 15) is 13.6 Å². The zero-order chi connectivity index (χ0) is 22.4. The molecule has 0 aromatic carbocycles. The zero-order valence-corrected chi connectivity index (χ0v) is 18.9. The summed E-state index contributed by atoms with van der Waals surface area (Å²) in [7, 11) is 1.80. The third-order valence-electron chi connectivity index (χ3n) is 5.12. The first-order chi connectivity index (χ1) is 15.4. The number of halogens is 3. The monoisotopic (exact) mass is 555 g/mol. The van der Waals surface area contributed by atoms with Gasteiger partial charge < -0.3 is 0 Å². The molecular formula is C18H18F2IN10O-. The topological polar surface area (TPSA) is 132 Å². The van der Waals surface area contributed by atoms with Crippen molar-refractivity contribution in [3.05, 3.63) is 24.4 Å². The molecule has 5 rings (SSSR count). The van der Waals surface area contributed by atoms with Crippen LogP contribution in [-0.2, 0) is 11.3 Å². The average Bonchev–Trinajstić information content (AvgIpc) is 3.45. The van der Waals surface area contributed by atoms with E-state index in [1.807, 2.05) is 0 Å². The molecular weight excluding hydrogens is 537 g/mol. The van der Waals surface area contributed by atoms with Crippen LogP contribution in [0.4, 0.5) is 20.5 Å². The third-order valence-corrected chi connectivity index (χ3v) is 7.82. The summed E-state index contributed by atoms with van der Waals surface area (Å²) in [5.74, 6) is 0.738. The number of fused-ring (bicyclic) bond motifs is 2. The summed E-state index contributed by atoms with van der Waals surface area (Å²) in [6, 6.07) is 5.17. The van der Waals surface area contributed by atoms with Gasteiger partial charge in [0.05, 0.1) is 0 Å². The third kappa shape index (κ3) is 3.67. The maximum atomic E-state index is 12.8. The molecule has 1 aliphatic heterocycles. The molecule has 4 aromatic rings. The Morgan fingerprint density at radius 3 is 2.91 bits per heavy atom. The number of nitrogens with zero attached hydrogens (tertiary/aromatic N) is 8. The van der Waals surface area contributed by atoms with Crippen molar-refractivity contribution < 1.29 is 35.1 Å². The van der Waals surface area contributed by atoms with Crippen molar-refractivity contribution in [3.63, 3.8) is 0 Å². The van der Waals surface area contributed by atoms with Gasteiger partial charge in [0.15, 0.2) is 0 Å². The predicted molar refractivity (Wildman–Crippen MR) is 107 cm³/mol. The fourth-order valence-corrected chi connectivity index (χ4v) is 5.77. The van der Waals surface area contributed by atoms with Gasteiger partial charge in [-0.25, -0.2) is 8.78 Å². The summed E-state index contributed by atoms with van der Waals surface area (Å²) < 4.78 is 31.5. The number of anilines is 2. The molecule has 168 valence electrons. The van der Waals surface area contributed by atoms with Crippen molar-refractivity contribution >= 4 is 34.4 Å². The first-order valence-electron chi connectivity index (χ1n) is 9.67. The first-order valence-corrected chi connectivity index (χ1v) is 12.0. The fourth-order valence-electron chi connectivity index (χ4n) is 3.55. The van der Waals surface area contributed by atoms with Crippen LogP contribution in [0.25, 0.3) is 27.9 Å². The molecule has 5 heterocycles. The van der Waals surface area contributed by atoms with E-state index >= 15 is 0 Å². The Balaban J connectivity index is 1.45. The Labute approximate surface area is 190 Å². The van der Waals surface area contributed by atoms with Gasteiger partial charge in [-0.05, 0) is 0 Å². The van der Waals surface area contributed by atoms with E-state index < -0.39 is 34.4 Å². The van der Waals surface area contributed by atoms with Crippen LogP contribution in [0.1, 0.15) is 6.42 Å². The molecule has 1 aliphatic rings. The Kier molecular flexibility index (Phi) is 5.22. The van der Waals surface area contributed by atoms with Crippen LogP contribution >= 0.6 is 0 Å². The zero-order valence-electron chi connectivity index (χ0n) is 16.8. The van der Waals surface area contributed by atoms with Crippen LogP contribution in [0, 0.1) is 0 Å². The van der Waals surface area contributed by atoms with Crippen LogP contribution in [0.5, 0.6) is 0 Å². The van der Waals surface area contributed by atoms with Crippen molar-refractivity contribution in [2.24, 2.45) is 0 Å². The summed E-state index contributed by atoms with van der Waals surface area (Å²) in [5.41, 5.74) is 8.63. The minimum atomic E-state index is -2.57. The summed E-state index contributed by atoms with van der Waals surface area (Å²) in [6.45, 7) is 0.170. The van der Waals surface area contributed by atoms with Crippen molar-refractivity contribution in [1.29, 1.82) is 0 Å². The number of nitrogens with two attached hydrogens (primary N) is 1. The molecule has 0 aliphatic carbocycles. The fraction of sp³-hybridized carbons (Fsp3) is 0.333. The molecule has 0 saturated carbocycles. The first kappa shape index (κ1) is 20.7. The molecule has 1 saturated heterocycles. The number of carbonyl (C=O) groups is 1. The number of amides is 1. The number of hydrogen-bond donors (Lipinski definition) is 2. The van der Waals surface area contributed by atoms with E-state index in [0.29, 0.717) is 28.2 Å². The molecule has 1 atom stereocenters. The van der Waals surface area contributed by atoms with E-state index in [4.69, 9.17) is 5.73 Å². The van der Waals surface area contributed by atoms with Gasteiger partial charge in [0, 0.05) is 0 Å². The molecule has 11 nitrogen and oxygen atoms in total. The van der Waals surface area contributed by atoms with Crippen LogP contribution in [0.2, 0.25) is 0 Å². The average molecular weight is 555 g/mol. The van der Waals surface area contributed by atoms with Crippen molar-refractivity contribution in [3.8, 4) is 11.3 Å². The van der Waals surface area contributed by atoms with E-state index in [0.717, 1.165) is 17.6 Å². The van der Waals surface area contributed by atoms with Gasteiger partial charge in [-0.3, -0.25) is 0 Å². The van der Waals surface area contributed by atoms with Gasteiger partial charge >= 0.3 is 182 Å². The Morgan fingerprint density at radius 2 is 2.16 bits per heavy atom. The Bertz CT molecular complexity index is 1320. The molecule has 0 radical (unpaired) electrons. The molecule has 1 amide bonds. The van der Waals surface area contributed by atoms with Crippen molar-refractivity contribution in [2.75, 3.05) is 22.9 Å². The van der Waals surface area contributed by atoms with Gasteiger partial charge in [0.2, 0.25) is 0 Å². The normalized spacial score (nSPS) is 16.8. The van der Waals surface area contributed by atoms with E-state index in [1.165, 1.54) is 0 Å². The molecule has 1 fully saturated rings. The number of nitrogen functional groups attached to an aromatic ring is 1. The van der Waals surface area contributed by atoms with Crippen molar-refractivity contribution in [2.45, 2.75) is 23.3 Å². The number of nitrogens with one attached hydrogen (secondary N) is 1. The van der Waals surface area contributed by atoms with E-state index in [1.54, 1.807) is 40.9 Å². The summed E-state index contributed by atoms with van der Waals surface area (Å²) in [4.78, 5) is 22.7. The van der Waals surface area contributed by atoms with Gasteiger partial charge in [-0.2, -0.15) is 0 Å². The molecule has 0 bridgehead atoms. The quantitative estimate of drug-likeness (QED) is 0.159. The minimum absolute atomic E-state index is 0.0119. The van der Waals surface area contributed by atoms with Gasteiger partial charge in [-0.15, -0.1) is 0 Å². The van der Waals surface area contributed by atoms with Gasteiger partial charge in [0.1, 0.15) is 0 Å². The predicted octanol–water partition coefficient (Wildman–Crippen LogP) is -1.97. The molecule has 0 spiro atoms. The maximum absolute atomic E-state index is 12.8. The molecule has 4 aromatic heterocycles. The Hall–Kier alpha value is -3.17. The second kappa shape index (κ2) is 8.07. The second-order valence-electron chi connectivity index (χ2n) is 7.26. The number of likely N-dealkylation sites (tertiary alicyclic amines) is 1. The summed E-state index contributed by atoms with van der Waals surface area (Å²) >= 11 is -0.683. The number of alkyl halides is 3. The van der Waals surface area contributed by atoms with E-state index in [-0.39, 0.29) is 21.3 Å². The van der Waals surface area contributed by atoms with E-state index in [2.05, 4.69) is 28.9 Å². The van der Waals surface area contributed by atoms with Crippen LogP contribution < -0.4 is 30.7 Å². The molecule has 3 N–H and O–H groups in total. The van der Waals surface area contributed by atoms with Gasteiger partial charge in [-0.1, -0.05) is 0 Å². The Morgan fingerprint density at radius 1 is 1.31 bits per heavy atom. The standard InChI is InChI=1S/C18H18F2IN10O/c1-29-6-5-10(17(29)32)21-25-18-24-15(22)14-9(4-7-30(14)27-18)11-2-3-12-16(23-11)31(28-26-12)8-13(19)20/h2-4,7,10,13H,5-6,8H2,1H3,(H3,22,24,25,27)/q-1. The summed E-state index contributed by atoms with van der Waals surface area (Å²) in [5, 5.41) is 12.1. The number of aromatic nitrogens is 7. The molecule has 14 heteroatoms. The van der Waals surface area contributed by atoms with Gasteiger partial charge in [0.25, 0.3) is 0 Å². The number of carbonyl (C=O) groups excluding carboxylic acids is 1. The second-order valence-corrected chi connectivity index (χ2v) is 9.93. The van der Waals surface area contributed by atoms with Crippen molar-refractivity contribution in [1.82, 2.24) is 39.5 Å². The number of rotatable bonds is 6. The van der Waals surface area contributed by atoms with Crippen LogP contribution in [0.3, 0.4) is 0 Å². The van der Waals surface area contributed by atoms with Crippen LogP contribution in [-0.4, -0.2) is 69.3 Å². The summed E-state index contributed by atoms with van der Waals surface area (Å²) in [6.07, 6.45) is -0.0219. The SMILES string of the molecule is CN1CCC([I-]Nc2nc(N)c3c(-c4ccc5nnn(CC(F)F)c5n4)ccn3n2)C1=O. The number of hydrogen-bond acceptors (Lipinski definition) is 8. The molecule has 1 unspecified atom stereocenters. The molecule has 32 heavy (non-hydrogen) atoms.